The highest BCUT2D eigenvalue weighted by Gasteiger charge is 2.26. The van der Waals surface area contributed by atoms with E-state index in [4.69, 9.17) is 23.6 Å². The lowest BCUT2D eigenvalue weighted by molar-refractivity contribution is -0.154. The van der Waals surface area contributed by atoms with E-state index in [1.54, 1.807) is 0 Å². The molecule has 9 nitrogen and oxygen atoms in total. The van der Waals surface area contributed by atoms with Crippen LogP contribution in [0.1, 0.15) is 226 Å². The average molecular weight is 857 g/mol. The van der Waals surface area contributed by atoms with Crippen LogP contribution >= 0.6 is 7.82 Å². The predicted molar refractivity (Wildman–Crippen MR) is 247 cm³/mol. The minimum absolute atomic E-state index is 0.0452. The molecule has 0 heterocycles. The van der Waals surface area contributed by atoms with E-state index >= 15 is 0 Å². The summed E-state index contributed by atoms with van der Waals surface area (Å²) in [4.78, 5) is 22.6. The van der Waals surface area contributed by atoms with Gasteiger partial charge in [0.2, 0.25) is 0 Å². The second-order valence-electron chi connectivity index (χ2n) is 16.5. The molecule has 0 saturated heterocycles. The molecule has 0 rings (SSSR count). The van der Waals surface area contributed by atoms with E-state index < -0.39 is 39.2 Å². The van der Waals surface area contributed by atoms with Crippen molar-refractivity contribution in [3.63, 3.8) is 0 Å². The molecule has 0 spiro atoms. The molecule has 0 aliphatic heterocycles. The van der Waals surface area contributed by atoms with Crippen LogP contribution in [0.3, 0.4) is 0 Å². The normalized spacial score (nSPS) is 14.2. The molecule has 0 bridgehead atoms. The van der Waals surface area contributed by atoms with Crippen molar-refractivity contribution in [2.75, 3.05) is 33.0 Å². The molecule has 0 aliphatic carbocycles. The highest BCUT2D eigenvalue weighted by molar-refractivity contribution is 7.47. The summed E-state index contributed by atoms with van der Waals surface area (Å²) in [6, 6.07) is 0. The molecule has 0 aromatic rings. The standard InChI is InChI=1S/C49H93O9P/c1-3-5-7-9-11-13-15-17-19-20-21-22-23-24-25-26-28-30-32-34-36-38-40-42-55-45-48(46-57-59(53,54)56-44-47(51)43-50)58-49(52)41-39-37-35-33-31-29-27-18-16-14-12-10-8-6-4-2/h6,8,12,14,18,27,47-48,50-51H,3-5,7,9-11,13,15-17,19-26,28-46H2,1-2H3,(H,53,54)/b8-6-,14-12-,27-18-. The SMILES string of the molecule is CC/C=C\C/C=C\C/C=C\CCCCCCCC(=O)OC(COCCCCCCCCCCCCCCCCCCCCCCCCC)COP(=O)(O)OCC(O)CO. The minimum Gasteiger partial charge on any atom is -0.457 e. The van der Waals surface area contributed by atoms with Gasteiger partial charge in [-0.15, -0.1) is 0 Å². The van der Waals surface area contributed by atoms with Gasteiger partial charge in [0.15, 0.2) is 0 Å². The fraction of sp³-hybridized carbons (Fsp3) is 0.857. The molecule has 0 saturated carbocycles. The Morgan fingerprint density at radius 2 is 0.966 bits per heavy atom. The first-order valence-corrected chi connectivity index (χ1v) is 26.0. The Morgan fingerprint density at radius 1 is 0.542 bits per heavy atom. The average Bonchev–Trinajstić information content (AvgIpc) is 3.23. The predicted octanol–water partition coefficient (Wildman–Crippen LogP) is 14.0. The Bertz CT molecular complexity index is 1020. The van der Waals surface area contributed by atoms with E-state index in [0.29, 0.717) is 13.0 Å². The third-order valence-electron chi connectivity index (χ3n) is 10.6. The van der Waals surface area contributed by atoms with Crippen LogP contribution < -0.4 is 0 Å². The van der Waals surface area contributed by atoms with Crippen molar-refractivity contribution in [1.82, 2.24) is 0 Å². The van der Waals surface area contributed by atoms with Crippen molar-refractivity contribution < 1.29 is 43.0 Å². The van der Waals surface area contributed by atoms with Crippen LogP contribution in [0.5, 0.6) is 0 Å². The Kier molecular flexibility index (Phi) is 45.2. The lowest BCUT2D eigenvalue weighted by Crippen LogP contribution is -2.29. The van der Waals surface area contributed by atoms with Crippen molar-refractivity contribution in [2.45, 2.75) is 238 Å². The molecule has 3 atom stereocenters. The van der Waals surface area contributed by atoms with Crippen LogP contribution in [0.25, 0.3) is 0 Å². The van der Waals surface area contributed by atoms with Gasteiger partial charge in [-0.25, -0.2) is 4.57 Å². The fourth-order valence-electron chi connectivity index (χ4n) is 6.90. The van der Waals surface area contributed by atoms with E-state index in [9.17, 15) is 19.4 Å². The van der Waals surface area contributed by atoms with Crippen LogP contribution in [0, 0.1) is 0 Å². The van der Waals surface area contributed by atoms with Gasteiger partial charge in [-0.3, -0.25) is 13.8 Å². The smallest absolute Gasteiger partial charge is 0.457 e. The van der Waals surface area contributed by atoms with E-state index in [2.05, 4.69) is 50.3 Å². The summed E-state index contributed by atoms with van der Waals surface area (Å²) in [6.07, 6.45) is 51.2. The number of esters is 1. The molecule has 0 fully saturated rings. The highest BCUT2D eigenvalue weighted by Crippen LogP contribution is 2.43. The summed E-state index contributed by atoms with van der Waals surface area (Å²) in [7, 11) is -4.52. The molecule has 0 aromatic carbocycles. The van der Waals surface area contributed by atoms with Gasteiger partial charge in [-0.1, -0.05) is 211 Å². The molecule has 3 unspecified atom stereocenters. The summed E-state index contributed by atoms with van der Waals surface area (Å²) in [5, 5.41) is 18.4. The third-order valence-corrected chi connectivity index (χ3v) is 11.5. The Hall–Kier alpha value is -1.32. The lowest BCUT2D eigenvalue weighted by Gasteiger charge is -2.20. The Balaban J connectivity index is 4.04. The van der Waals surface area contributed by atoms with Gasteiger partial charge < -0.3 is 24.6 Å². The maximum atomic E-state index is 12.6. The number of carbonyl (C=O) groups excluding carboxylic acids is 1. The summed E-state index contributed by atoms with van der Waals surface area (Å²) in [6.45, 7) is 3.42. The zero-order valence-electron chi connectivity index (χ0n) is 38.2. The summed E-state index contributed by atoms with van der Waals surface area (Å²) in [5.41, 5.74) is 0. The number of rotatable bonds is 47. The number of allylic oxidation sites excluding steroid dienone is 6. The molecular formula is C49H93O9P. The lowest BCUT2D eigenvalue weighted by atomic mass is 10.0. The largest absolute Gasteiger partial charge is 0.472 e. The molecule has 10 heteroatoms. The van der Waals surface area contributed by atoms with Gasteiger partial charge in [0.1, 0.15) is 12.2 Å². The second-order valence-corrected chi connectivity index (χ2v) is 17.9. The quantitative estimate of drug-likeness (QED) is 0.0237. The zero-order valence-corrected chi connectivity index (χ0v) is 39.1. The van der Waals surface area contributed by atoms with Crippen LogP contribution in [-0.2, 0) is 27.9 Å². The fourth-order valence-corrected chi connectivity index (χ4v) is 7.69. The van der Waals surface area contributed by atoms with E-state index in [-0.39, 0.29) is 19.6 Å². The highest BCUT2D eigenvalue weighted by atomic mass is 31.2. The second kappa shape index (κ2) is 46.2. The number of ether oxygens (including phenoxy) is 2. The first-order chi connectivity index (χ1) is 28.8. The Labute approximate surface area is 363 Å². The maximum absolute atomic E-state index is 12.6. The zero-order chi connectivity index (χ0) is 43.2. The summed E-state index contributed by atoms with van der Waals surface area (Å²) in [5.74, 6) is -0.396. The Morgan fingerprint density at radius 3 is 1.46 bits per heavy atom. The number of phosphoric ester groups is 1. The number of hydrogen-bond acceptors (Lipinski definition) is 8. The van der Waals surface area contributed by atoms with E-state index in [1.807, 2.05) is 0 Å². The number of aliphatic hydroxyl groups is 2. The number of hydrogen-bond donors (Lipinski definition) is 3. The minimum atomic E-state index is -4.52. The van der Waals surface area contributed by atoms with Crippen molar-refractivity contribution in [1.29, 1.82) is 0 Å². The van der Waals surface area contributed by atoms with Crippen molar-refractivity contribution >= 4 is 13.8 Å². The molecule has 3 N–H and O–H groups in total. The number of phosphoric acid groups is 1. The molecule has 0 radical (unpaired) electrons. The number of aliphatic hydroxyl groups excluding tert-OH is 2. The molecule has 0 amide bonds. The van der Waals surface area contributed by atoms with Gasteiger partial charge in [0.05, 0.1) is 26.4 Å². The van der Waals surface area contributed by atoms with Gasteiger partial charge in [0, 0.05) is 13.0 Å². The first kappa shape index (κ1) is 57.7. The number of carbonyl (C=O) groups is 1. The van der Waals surface area contributed by atoms with Crippen molar-refractivity contribution in [3.8, 4) is 0 Å². The van der Waals surface area contributed by atoms with Crippen molar-refractivity contribution in [2.24, 2.45) is 0 Å². The third kappa shape index (κ3) is 46.0. The topological polar surface area (TPSA) is 132 Å². The molecular weight excluding hydrogens is 764 g/mol. The van der Waals surface area contributed by atoms with Crippen LogP contribution in [0.4, 0.5) is 0 Å². The van der Waals surface area contributed by atoms with Gasteiger partial charge >= 0.3 is 13.8 Å². The van der Waals surface area contributed by atoms with E-state index in [0.717, 1.165) is 64.2 Å². The first-order valence-electron chi connectivity index (χ1n) is 24.5. The van der Waals surface area contributed by atoms with Gasteiger partial charge in [0.25, 0.3) is 0 Å². The van der Waals surface area contributed by atoms with Gasteiger partial charge in [-0.05, 0) is 44.9 Å². The number of unbranched alkanes of at least 4 members (excludes halogenated alkanes) is 27. The summed E-state index contributed by atoms with van der Waals surface area (Å²) >= 11 is 0. The molecule has 0 aliphatic rings. The molecule has 348 valence electrons. The van der Waals surface area contributed by atoms with Crippen LogP contribution in [0.15, 0.2) is 36.5 Å². The monoisotopic (exact) mass is 857 g/mol. The van der Waals surface area contributed by atoms with Crippen molar-refractivity contribution in [3.05, 3.63) is 36.5 Å². The molecule has 0 aromatic heterocycles. The van der Waals surface area contributed by atoms with E-state index in [1.165, 1.54) is 135 Å². The van der Waals surface area contributed by atoms with Crippen LogP contribution in [-0.4, -0.2) is 66.3 Å². The van der Waals surface area contributed by atoms with Gasteiger partial charge in [-0.2, -0.15) is 0 Å². The van der Waals surface area contributed by atoms with Crippen LogP contribution in [0.2, 0.25) is 0 Å². The summed E-state index contributed by atoms with van der Waals surface area (Å²) < 4.78 is 33.5. The molecule has 59 heavy (non-hydrogen) atoms. The maximum Gasteiger partial charge on any atom is 0.472 e.